The van der Waals surface area contributed by atoms with Crippen LogP contribution in [0, 0.1) is 5.92 Å². The Hall–Kier alpha value is -2.61. The zero-order valence-electron chi connectivity index (χ0n) is 45.1. The van der Waals surface area contributed by atoms with E-state index >= 15 is 0 Å². The van der Waals surface area contributed by atoms with E-state index in [1.165, 1.54) is 4.72 Å². The summed E-state index contributed by atoms with van der Waals surface area (Å²) in [6.07, 6.45) is -14.0. The molecule has 17 N–H and O–H groups in total. The average Bonchev–Trinajstić information content (AvgIpc) is 1.48. The molecule has 5 saturated heterocycles. The molecule has 5 rings (SSSR count). The number of aliphatic hydroxyl groups is 6. The van der Waals surface area contributed by atoms with Gasteiger partial charge in [-0.2, -0.15) is 0 Å². The average molecular weight is 1470 g/mol. The molecule has 5 aliphatic heterocycles. The number of aliphatic carboxylic acids is 2. The lowest BCUT2D eigenvalue weighted by Gasteiger charge is -2.39. The molecular formula is C34H70N3O45S7-9. The van der Waals surface area contributed by atoms with Gasteiger partial charge in [0.25, 0.3) is 0 Å². The summed E-state index contributed by atoms with van der Waals surface area (Å²) < 4.78 is 269. The molecule has 0 radical (unpaired) electrons. The Morgan fingerprint density at radius 3 is 1.21 bits per heavy atom. The third-order valence-electron chi connectivity index (χ3n) is 10.7. The molecule has 5 heterocycles. The van der Waals surface area contributed by atoms with Crippen LogP contribution in [0.4, 0.5) is 0 Å². The fraction of sp³-hybridized carbons (Fsp3) is 0.941. The van der Waals surface area contributed by atoms with Gasteiger partial charge in [-0.15, -0.1) is 0 Å². The lowest BCUT2D eigenvalue weighted by atomic mass is 9.97. The number of hydrogen-bond donors (Lipinski definition) is 9. The van der Waals surface area contributed by atoms with Crippen molar-refractivity contribution in [2.75, 3.05) is 67.1 Å². The van der Waals surface area contributed by atoms with Crippen molar-refractivity contribution < 1.29 is 208 Å². The van der Waals surface area contributed by atoms with Crippen molar-refractivity contribution in [3.05, 3.63) is 0 Å². The molecule has 0 aromatic carbocycles. The molecule has 0 aromatic heterocycles. The number of carbonyl (C=O) groups is 2. The molecular weight excluding hydrogens is 1390 g/mol. The number of carboxylic acid groups (broad SMARTS) is 2. The van der Waals surface area contributed by atoms with Crippen molar-refractivity contribution in [2.24, 2.45) is 5.92 Å². The van der Waals surface area contributed by atoms with Crippen LogP contribution in [0.3, 0.4) is 0 Å². The molecule has 5 fully saturated rings. The first kappa shape index (κ1) is 97.5. The van der Waals surface area contributed by atoms with Gasteiger partial charge in [-0.05, 0) is 0 Å². The standard InChI is InChI=1S/C7H15NO10S2.C7H12O4.C6H13NO12S3.C6H13NO9S2.C6H10O5.CH4O.CH4.4H2O/c1-16-7-5(3-18-20(13,14)15)17-2-4(6(7)9)8-19(10,11)12;1-4-3-11-6(7(9)10)2-5(4)8;8-20(9,10)7-5-3-17-4(2-18-21(11,12)13)1-6(5)19-22(14,15)16;8-6-1-4(2-16-18(12,13)14)15-3-5(6)7-17(9,10)11;7-3-1-5(6(9)10)11-2-4(3)8;1-2;;;;;/h4-9H,2-3H2,1H3,(H,10,11,12)(H,13,14,15);4-6,8H,2-3H2,1H3,(H,9,10);4-7H,1-3H2,(H,8,9,10)(H,11,12,13)(H,14,15,16);4-8H,1-3H2,(H,9,10,11)(H,12,13,14);3-5,7-8H,1-2H2,(H,9,10);2H,1H3;1H4;4*1H2/p-9/t4?,5?,6-,7+;4?,5-,6?;2*4?,5?,6-;3-,4?,5?;;;;;;/m01111....../s1. The second kappa shape index (κ2) is 43.4. The van der Waals surface area contributed by atoms with E-state index < -0.39 is 215 Å². The topological polar surface area (TPSA) is 856 Å². The number of carbonyl (C=O) groups excluding carboxylic acids is 2. The summed E-state index contributed by atoms with van der Waals surface area (Å²) in [6.45, 7) is -1.52. The number of nitrogens with one attached hydrogen (secondary N) is 3. The lowest BCUT2D eigenvalue weighted by molar-refractivity contribution is -0.321. The third-order valence-corrected chi connectivity index (χ3v) is 14.2. The highest BCUT2D eigenvalue weighted by atomic mass is 32.3. The van der Waals surface area contributed by atoms with Crippen LogP contribution in [0.25, 0.3) is 0 Å². The highest BCUT2D eigenvalue weighted by molar-refractivity contribution is 7.84. The van der Waals surface area contributed by atoms with Gasteiger partial charge in [-0.1, -0.05) is 14.4 Å². The van der Waals surface area contributed by atoms with Crippen molar-refractivity contribution in [3.63, 3.8) is 0 Å². The van der Waals surface area contributed by atoms with Crippen molar-refractivity contribution in [1.82, 2.24) is 14.2 Å². The highest BCUT2D eigenvalue weighted by Gasteiger charge is 2.41. The Morgan fingerprint density at radius 1 is 0.472 bits per heavy atom. The Labute approximate surface area is 509 Å². The van der Waals surface area contributed by atoms with Crippen LogP contribution in [0.15, 0.2) is 0 Å². The lowest BCUT2D eigenvalue weighted by Crippen LogP contribution is -2.60. The minimum atomic E-state index is -5.24. The molecule has 48 nitrogen and oxygen atoms in total. The Morgan fingerprint density at radius 2 is 0.843 bits per heavy atom. The summed E-state index contributed by atoms with van der Waals surface area (Å²) in [5, 5.41) is 73.9. The molecule has 10 unspecified atom stereocenters. The van der Waals surface area contributed by atoms with Crippen LogP contribution in [-0.2, 0) is 127 Å². The number of hydrogen-bond acceptors (Lipinski definition) is 41. The van der Waals surface area contributed by atoms with Crippen molar-refractivity contribution in [2.45, 2.75) is 131 Å². The van der Waals surface area contributed by atoms with Gasteiger partial charge in [-0.25, -0.2) is 73.1 Å². The normalized spacial score (nSPS) is 29.8. The summed E-state index contributed by atoms with van der Waals surface area (Å²) >= 11 is 0. The molecule has 542 valence electrons. The maximum absolute atomic E-state index is 10.6. The first-order valence-corrected chi connectivity index (χ1v) is 32.1. The van der Waals surface area contributed by atoms with E-state index in [0.29, 0.717) is 6.61 Å². The molecule has 0 amide bonds. The number of carboxylic acids is 2. The van der Waals surface area contributed by atoms with Gasteiger partial charge in [0.15, 0.2) is 30.9 Å². The van der Waals surface area contributed by atoms with Crippen molar-refractivity contribution in [1.29, 1.82) is 0 Å². The number of methoxy groups -OCH3 is 1. The largest absolute Gasteiger partial charge is 0.735 e. The van der Waals surface area contributed by atoms with E-state index in [1.54, 1.807) is 9.44 Å². The maximum Gasteiger partial charge on any atom is 0.217 e. The first-order valence-electron chi connectivity index (χ1n) is 22.6. The zero-order chi connectivity index (χ0) is 65.6. The molecule has 16 atom stereocenters. The molecule has 5 aliphatic rings. The second-order valence-corrected chi connectivity index (χ2v) is 24.7. The predicted octanol–water partition coefficient (Wildman–Crippen LogP) is -17.1. The quantitative estimate of drug-likeness (QED) is 0.0404. The summed E-state index contributed by atoms with van der Waals surface area (Å²) in [6, 6.07) is -3.87. The van der Waals surface area contributed by atoms with E-state index in [9.17, 15) is 126 Å². The van der Waals surface area contributed by atoms with E-state index in [1.807, 2.05) is 6.92 Å². The zero-order valence-corrected chi connectivity index (χ0v) is 50.8. The Bertz CT molecular complexity index is 2780. The van der Waals surface area contributed by atoms with Crippen LogP contribution in [0.1, 0.15) is 40.0 Å². The van der Waals surface area contributed by atoms with Gasteiger partial charge < -0.3 is 133 Å². The monoisotopic (exact) mass is 1460 g/mol. The van der Waals surface area contributed by atoms with Gasteiger partial charge in [0.05, 0.1) is 132 Å². The number of aliphatic hydroxyl groups excluding tert-OH is 6. The molecule has 89 heavy (non-hydrogen) atoms. The van der Waals surface area contributed by atoms with Gasteiger partial charge in [-0.3, -0.25) is 16.7 Å². The van der Waals surface area contributed by atoms with E-state index in [2.05, 4.69) is 21.5 Å². The Kier molecular flexibility index (Phi) is 47.5. The molecule has 0 bridgehead atoms. The summed E-state index contributed by atoms with van der Waals surface area (Å²) in [7, 11) is -32.5. The maximum atomic E-state index is 10.6. The first-order chi connectivity index (χ1) is 38.1. The molecule has 0 aromatic rings. The van der Waals surface area contributed by atoms with Crippen LogP contribution >= 0.6 is 0 Å². The molecule has 55 heteroatoms. The molecule has 0 saturated carbocycles. The fourth-order valence-corrected chi connectivity index (χ4v) is 10.1. The van der Waals surface area contributed by atoms with Gasteiger partial charge in [0, 0.05) is 45.8 Å². The van der Waals surface area contributed by atoms with Crippen molar-refractivity contribution in [3.8, 4) is 0 Å². The molecule has 0 aliphatic carbocycles. The highest BCUT2D eigenvalue weighted by Crippen LogP contribution is 2.23. The molecule has 0 spiro atoms. The smallest absolute Gasteiger partial charge is 0.217 e. The van der Waals surface area contributed by atoms with Crippen molar-refractivity contribution >= 4 is 84.4 Å². The summed E-state index contributed by atoms with van der Waals surface area (Å²) in [5.74, 6) is -2.57. The summed E-state index contributed by atoms with van der Waals surface area (Å²) in [5.41, 5.74) is 0. The van der Waals surface area contributed by atoms with Crippen LogP contribution in [-0.4, -0.2) is 314 Å². The number of ether oxygens (including phenoxy) is 6. The number of rotatable bonds is 20. The SMILES string of the molecule is C.CC1COC(C(=O)[O-])C[C@H]1O.CO.CO[C@@H]1C(COS(=O)(=O)[O-])OCC(NS(=O)(=O)[O-])[C@@H]1O.O.O.O.O.O=C([O-])C1C[C@@H](O)C(O)CO1.O=S(=O)([O-])NC1COC(COS(=O)(=O)[O-])C[C@H]1O.O=S(=O)([O-])NC1COC(COS(=O)(=O)[O-])C[C@H]1OS(=O)(=O)[O-]. The minimum absolute atomic E-state index is 0. The summed E-state index contributed by atoms with van der Waals surface area (Å²) in [4.78, 5) is 20.4. The van der Waals surface area contributed by atoms with Crippen LogP contribution in [0.5, 0.6) is 0 Å². The third kappa shape index (κ3) is 45.4. The van der Waals surface area contributed by atoms with E-state index in [4.69, 9.17) is 39.0 Å². The van der Waals surface area contributed by atoms with Crippen LogP contribution < -0.4 is 24.4 Å². The van der Waals surface area contributed by atoms with Gasteiger partial charge in [0.1, 0.15) is 24.4 Å². The van der Waals surface area contributed by atoms with E-state index in [-0.39, 0.29) is 67.7 Å². The van der Waals surface area contributed by atoms with E-state index in [0.717, 1.165) is 14.2 Å². The second-order valence-electron chi connectivity index (χ2n) is 17.1. The Balaban J connectivity index is -0.000000242. The van der Waals surface area contributed by atoms with Gasteiger partial charge in [0.2, 0.25) is 41.6 Å². The predicted molar refractivity (Wildman–Crippen MR) is 268 cm³/mol. The minimum Gasteiger partial charge on any atom is -0.735 e. The van der Waals surface area contributed by atoms with Gasteiger partial charge >= 0.3 is 0 Å². The fourth-order valence-electron chi connectivity index (χ4n) is 6.83. The van der Waals surface area contributed by atoms with Crippen LogP contribution in [0.2, 0.25) is 0 Å².